The van der Waals surface area contributed by atoms with Crippen molar-refractivity contribution in [2.75, 3.05) is 26.2 Å². The van der Waals surface area contributed by atoms with Crippen LogP contribution in [0.5, 0.6) is 0 Å². The molecule has 2 heterocycles. The first-order valence-corrected chi connectivity index (χ1v) is 4.70. The zero-order valence-corrected chi connectivity index (χ0v) is 8.12. The molecular formula is C9H13N3O2. The van der Waals surface area contributed by atoms with Gasteiger partial charge in [0.2, 0.25) is 0 Å². The molecule has 0 aliphatic carbocycles. The number of aromatic nitrogens is 1. The SMILES string of the molecule is Cc1nocc1C(=O)N1CCNCC1. The summed E-state index contributed by atoms with van der Waals surface area (Å²) < 4.78 is 4.74. The molecule has 1 aliphatic heterocycles. The largest absolute Gasteiger partial charge is 0.364 e. The molecule has 1 aromatic heterocycles. The second kappa shape index (κ2) is 3.79. The zero-order valence-electron chi connectivity index (χ0n) is 8.12. The van der Waals surface area contributed by atoms with Crippen molar-refractivity contribution in [2.24, 2.45) is 0 Å². The van der Waals surface area contributed by atoms with Crippen LogP contribution in [-0.4, -0.2) is 42.1 Å². The fraction of sp³-hybridized carbons (Fsp3) is 0.556. The van der Waals surface area contributed by atoms with E-state index in [4.69, 9.17) is 4.52 Å². The monoisotopic (exact) mass is 195 g/mol. The van der Waals surface area contributed by atoms with Crippen LogP contribution >= 0.6 is 0 Å². The lowest BCUT2D eigenvalue weighted by Gasteiger charge is -2.26. The third kappa shape index (κ3) is 1.63. The number of amides is 1. The van der Waals surface area contributed by atoms with Gasteiger partial charge in [-0.25, -0.2) is 0 Å². The molecular weight excluding hydrogens is 182 g/mol. The van der Waals surface area contributed by atoms with Crippen LogP contribution in [0.4, 0.5) is 0 Å². The van der Waals surface area contributed by atoms with E-state index in [1.807, 2.05) is 4.90 Å². The summed E-state index contributed by atoms with van der Waals surface area (Å²) in [5.74, 6) is 0.0188. The zero-order chi connectivity index (χ0) is 9.97. The molecule has 0 unspecified atom stereocenters. The maximum Gasteiger partial charge on any atom is 0.259 e. The van der Waals surface area contributed by atoms with Crippen molar-refractivity contribution in [1.82, 2.24) is 15.4 Å². The number of hydrogen-bond acceptors (Lipinski definition) is 4. The van der Waals surface area contributed by atoms with E-state index in [-0.39, 0.29) is 5.91 Å². The summed E-state index contributed by atoms with van der Waals surface area (Å²) in [6, 6.07) is 0. The molecule has 0 spiro atoms. The average Bonchev–Trinajstić information content (AvgIpc) is 2.65. The molecule has 1 aliphatic rings. The summed E-state index contributed by atoms with van der Waals surface area (Å²) in [6.45, 7) is 5.00. The van der Waals surface area contributed by atoms with E-state index in [1.54, 1.807) is 6.92 Å². The molecule has 0 bridgehead atoms. The Kier molecular flexibility index (Phi) is 2.49. The number of rotatable bonds is 1. The van der Waals surface area contributed by atoms with Crippen molar-refractivity contribution < 1.29 is 9.32 Å². The van der Waals surface area contributed by atoms with Crippen molar-refractivity contribution in [3.05, 3.63) is 17.5 Å². The van der Waals surface area contributed by atoms with Gasteiger partial charge in [0.1, 0.15) is 11.8 Å². The Labute approximate surface area is 82.1 Å². The lowest BCUT2D eigenvalue weighted by Crippen LogP contribution is -2.46. The highest BCUT2D eigenvalue weighted by Crippen LogP contribution is 2.09. The number of aryl methyl sites for hydroxylation is 1. The van der Waals surface area contributed by atoms with Gasteiger partial charge in [-0.05, 0) is 6.92 Å². The Bertz CT molecular complexity index is 329. The minimum absolute atomic E-state index is 0.0188. The molecule has 5 nitrogen and oxygen atoms in total. The summed E-state index contributed by atoms with van der Waals surface area (Å²) in [7, 11) is 0. The smallest absolute Gasteiger partial charge is 0.259 e. The Morgan fingerprint density at radius 3 is 2.86 bits per heavy atom. The molecule has 1 amide bonds. The fourth-order valence-electron chi connectivity index (χ4n) is 1.54. The fourth-order valence-corrected chi connectivity index (χ4v) is 1.54. The second-order valence-corrected chi connectivity index (χ2v) is 3.36. The van der Waals surface area contributed by atoms with Gasteiger partial charge in [0.05, 0.1) is 5.69 Å². The molecule has 0 aromatic carbocycles. The molecule has 1 aromatic rings. The summed E-state index contributed by atoms with van der Waals surface area (Å²) in [5.41, 5.74) is 1.24. The van der Waals surface area contributed by atoms with E-state index in [0.29, 0.717) is 11.3 Å². The van der Waals surface area contributed by atoms with Gasteiger partial charge in [0, 0.05) is 26.2 Å². The first-order valence-electron chi connectivity index (χ1n) is 4.70. The van der Waals surface area contributed by atoms with Crippen molar-refractivity contribution in [2.45, 2.75) is 6.92 Å². The van der Waals surface area contributed by atoms with Gasteiger partial charge < -0.3 is 14.7 Å². The molecule has 14 heavy (non-hydrogen) atoms. The number of hydrogen-bond donors (Lipinski definition) is 1. The van der Waals surface area contributed by atoms with E-state index in [0.717, 1.165) is 26.2 Å². The van der Waals surface area contributed by atoms with Gasteiger partial charge in [-0.1, -0.05) is 5.16 Å². The molecule has 5 heteroatoms. The Hall–Kier alpha value is -1.36. The predicted octanol–water partition coefficient (Wildman–Crippen LogP) is 0.0284. The first-order chi connectivity index (χ1) is 6.79. The second-order valence-electron chi connectivity index (χ2n) is 3.36. The number of carbonyl (C=O) groups is 1. The molecule has 1 fully saturated rings. The van der Waals surface area contributed by atoms with Crippen molar-refractivity contribution in [3.63, 3.8) is 0 Å². The van der Waals surface area contributed by atoms with E-state index in [1.165, 1.54) is 6.26 Å². The van der Waals surface area contributed by atoms with Crippen molar-refractivity contribution in [1.29, 1.82) is 0 Å². The van der Waals surface area contributed by atoms with Crippen LogP contribution in [0, 0.1) is 6.92 Å². The van der Waals surface area contributed by atoms with Crippen LogP contribution in [0.3, 0.4) is 0 Å². The van der Waals surface area contributed by atoms with Crippen LogP contribution in [-0.2, 0) is 0 Å². The Morgan fingerprint density at radius 2 is 2.29 bits per heavy atom. The quantitative estimate of drug-likeness (QED) is 0.686. The van der Waals surface area contributed by atoms with Gasteiger partial charge in [-0.2, -0.15) is 0 Å². The van der Waals surface area contributed by atoms with Crippen molar-refractivity contribution >= 4 is 5.91 Å². The predicted molar refractivity (Wildman–Crippen MR) is 50.0 cm³/mol. The van der Waals surface area contributed by atoms with Gasteiger partial charge in [0.15, 0.2) is 0 Å². The molecule has 2 rings (SSSR count). The minimum atomic E-state index is 0.0188. The van der Waals surface area contributed by atoms with Crippen molar-refractivity contribution in [3.8, 4) is 0 Å². The van der Waals surface area contributed by atoms with Gasteiger partial charge >= 0.3 is 0 Å². The standard InChI is InChI=1S/C9H13N3O2/c1-7-8(6-14-11-7)9(13)12-4-2-10-3-5-12/h6,10H,2-5H2,1H3. The minimum Gasteiger partial charge on any atom is -0.364 e. The lowest BCUT2D eigenvalue weighted by atomic mass is 10.2. The highest BCUT2D eigenvalue weighted by atomic mass is 16.5. The van der Waals surface area contributed by atoms with E-state index >= 15 is 0 Å². The van der Waals surface area contributed by atoms with E-state index in [2.05, 4.69) is 10.5 Å². The third-order valence-corrected chi connectivity index (χ3v) is 2.38. The molecule has 1 saturated heterocycles. The van der Waals surface area contributed by atoms with Gasteiger partial charge in [-0.3, -0.25) is 4.79 Å². The topological polar surface area (TPSA) is 58.4 Å². The van der Waals surface area contributed by atoms with Crippen LogP contribution in [0.25, 0.3) is 0 Å². The highest BCUT2D eigenvalue weighted by molar-refractivity contribution is 5.94. The molecule has 1 N–H and O–H groups in total. The summed E-state index contributed by atoms with van der Waals surface area (Å²) in [4.78, 5) is 13.7. The van der Waals surface area contributed by atoms with Crippen LogP contribution < -0.4 is 5.32 Å². The van der Waals surface area contributed by atoms with E-state index in [9.17, 15) is 4.79 Å². The molecule has 0 radical (unpaired) electrons. The Morgan fingerprint density at radius 1 is 1.57 bits per heavy atom. The molecule has 0 atom stereocenters. The summed E-state index contributed by atoms with van der Waals surface area (Å²) >= 11 is 0. The van der Waals surface area contributed by atoms with Gasteiger partial charge in [-0.15, -0.1) is 0 Å². The normalized spacial score (nSPS) is 17.1. The van der Waals surface area contributed by atoms with Gasteiger partial charge in [0.25, 0.3) is 5.91 Å². The van der Waals surface area contributed by atoms with Crippen LogP contribution in [0.15, 0.2) is 10.8 Å². The summed E-state index contributed by atoms with van der Waals surface area (Å²) in [6.07, 6.45) is 1.42. The average molecular weight is 195 g/mol. The summed E-state index contributed by atoms with van der Waals surface area (Å²) in [5, 5.41) is 6.89. The number of carbonyl (C=O) groups excluding carboxylic acids is 1. The number of piperazine rings is 1. The highest BCUT2D eigenvalue weighted by Gasteiger charge is 2.21. The Balaban J connectivity index is 2.11. The van der Waals surface area contributed by atoms with Crippen LogP contribution in [0.2, 0.25) is 0 Å². The molecule has 76 valence electrons. The molecule has 0 saturated carbocycles. The van der Waals surface area contributed by atoms with E-state index < -0.39 is 0 Å². The maximum atomic E-state index is 11.9. The maximum absolute atomic E-state index is 11.9. The first kappa shape index (κ1) is 9.21. The third-order valence-electron chi connectivity index (χ3n) is 2.38. The number of nitrogens with one attached hydrogen (secondary N) is 1. The van der Waals surface area contributed by atoms with Crippen LogP contribution in [0.1, 0.15) is 16.1 Å². The lowest BCUT2D eigenvalue weighted by molar-refractivity contribution is 0.0734. The number of nitrogens with zero attached hydrogens (tertiary/aromatic N) is 2.